The largest absolute Gasteiger partial charge is 0.364 e. The number of nitrogens with two attached hydrogens (primary N) is 1. The van der Waals surface area contributed by atoms with Crippen LogP contribution in [0.3, 0.4) is 0 Å². The lowest BCUT2D eigenvalue weighted by atomic mass is 10.1. The zero-order valence-electron chi connectivity index (χ0n) is 13.5. The van der Waals surface area contributed by atoms with Crippen LogP contribution in [0.2, 0.25) is 0 Å². The van der Waals surface area contributed by atoms with Gasteiger partial charge in [-0.2, -0.15) is 0 Å². The first-order valence-corrected chi connectivity index (χ1v) is 8.33. The summed E-state index contributed by atoms with van der Waals surface area (Å²) >= 11 is 0. The molecule has 0 radical (unpaired) electrons. The fraction of sp³-hybridized carbons (Fsp3) is 0.706. The summed E-state index contributed by atoms with van der Waals surface area (Å²) in [7, 11) is 0. The lowest BCUT2D eigenvalue weighted by Gasteiger charge is -2.08. The van der Waals surface area contributed by atoms with Gasteiger partial charge in [0, 0.05) is 6.20 Å². The molecule has 4 heteroatoms. The van der Waals surface area contributed by atoms with Crippen molar-refractivity contribution in [3.05, 3.63) is 23.3 Å². The Hall–Kier alpha value is -1.45. The molecule has 0 bridgehead atoms. The van der Waals surface area contributed by atoms with E-state index in [-0.39, 0.29) is 0 Å². The maximum atomic E-state index is 11.4. The van der Waals surface area contributed by atoms with Gasteiger partial charge in [-0.3, -0.25) is 9.78 Å². The van der Waals surface area contributed by atoms with Crippen LogP contribution in [-0.4, -0.2) is 15.9 Å². The number of aromatic nitrogens is 2. The van der Waals surface area contributed by atoms with Crippen LogP contribution in [-0.2, 0) is 12.8 Å². The summed E-state index contributed by atoms with van der Waals surface area (Å²) < 4.78 is 0. The van der Waals surface area contributed by atoms with Gasteiger partial charge >= 0.3 is 0 Å². The predicted octanol–water partition coefficient (Wildman–Crippen LogP) is 3.82. The van der Waals surface area contributed by atoms with E-state index in [2.05, 4.69) is 23.8 Å². The van der Waals surface area contributed by atoms with Gasteiger partial charge in [0.1, 0.15) is 5.69 Å². The van der Waals surface area contributed by atoms with Gasteiger partial charge < -0.3 is 5.73 Å². The molecule has 118 valence electrons. The second-order valence-corrected chi connectivity index (χ2v) is 5.64. The highest BCUT2D eigenvalue weighted by Crippen LogP contribution is 2.12. The van der Waals surface area contributed by atoms with Crippen molar-refractivity contribution in [2.45, 2.75) is 78.1 Å². The Bertz CT molecular complexity index is 432. The van der Waals surface area contributed by atoms with Crippen molar-refractivity contribution in [2.24, 2.45) is 5.73 Å². The summed E-state index contributed by atoms with van der Waals surface area (Å²) in [4.78, 5) is 20.3. The standard InChI is InChI=1S/C17H29N3O/c1-3-5-7-9-11-14-13-19-16(17(18)21)15(20-14)12-10-8-6-4-2/h13H,3-12H2,1-2H3,(H2,18,21). The maximum absolute atomic E-state index is 11.4. The number of primary amides is 1. The molecule has 0 aliphatic carbocycles. The van der Waals surface area contributed by atoms with Gasteiger partial charge in [-0.1, -0.05) is 52.4 Å². The Kier molecular flexibility index (Phi) is 8.63. The Morgan fingerprint density at radius 1 is 1.00 bits per heavy atom. The monoisotopic (exact) mass is 291 g/mol. The minimum Gasteiger partial charge on any atom is -0.364 e. The van der Waals surface area contributed by atoms with Crippen LogP contribution in [0, 0.1) is 0 Å². The smallest absolute Gasteiger partial charge is 0.269 e. The third-order valence-electron chi connectivity index (χ3n) is 3.68. The topological polar surface area (TPSA) is 68.9 Å². The molecule has 1 amide bonds. The average molecular weight is 291 g/mol. The zero-order valence-corrected chi connectivity index (χ0v) is 13.5. The number of hydrogen-bond acceptors (Lipinski definition) is 3. The van der Waals surface area contributed by atoms with Gasteiger partial charge in [-0.05, 0) is 25.7 Å². The molecule has 1 aromatic heterocycles. The summed E-state index contributed by atoms with van der Waals surface area (Å²) in [6, 6.07) is 0. The predicted molar refractivity (Wildman–Crippen MR) is 86.2 cm³/mol. The third-order valence-corrected chi connectivity index (χ3v) is 3.68. The maximum Gasteiger partial charge on any atom is 0.269 e. The van der Waals surface area contributed by atoms with Crippen LogP contribution in [0.1, 0.15) is 87.1 Å². The van der Waals surface area contributed by atoms with Gasteiger partial charge in [-0.25, -0.2) is 4.98 Å². The SMILES string of the molecule is CCCCCCc1cnc(C(N)=O)c(CCCCCC)n1. The van der Waals surface area contributed by atoms with Gasteiger partial charge in [0.05, 0.1) is 11.4 Å². The van der Waals surface area contributed by atoms with E-state index in [1.165, 1.54) is 32.1 Å². The molecule has 0 saturated heterocycles. The number of unbranched alkanes of at least 4 members (excludes halogenated alkanes) is 6. The van der Waals surface area contributed by atoms with E-state index < -0.39 is 5.91 Å². The molecule has 4 nitrogen and oxygen atoms in total. The number of carbonyl (C=O) groups is 1. The molecule has 0 unspecified atom stereocenters. The van der Waals surface area contributed by atoms with Crippen LogP contribution in [0.15, 0.2) is 6.20 Å². The van der Waals surface area contributed by atoms with E-state index in [1.54, 1.807) is 6.20 Å². The van der Waals surface area contributed by atoms with Crippen molar-refractivity contribution >= 4 is 5.91 Å². The van der Waals surface area contributed by atoms with Crippen molar-refractivity contribution in [1.29, 1.82) is 0 Å². The summed E-state index contributed by atoms with van der Waals surface area (Å²) in [5.41, 5.74) is 7.52. The highest BCUT2D eigenvalue weighted by atomic mass is 16.1. The normalized spacial score (nSPS) is 10.8. The summed E-state index contributed by atoms with van der Waals surface area (Å²) in [6.07, 6.45) is 12.9. The van der Waals surface area contributed by atoms with E-state index in [4.69, 9.17) is 5.73 Å². The number of amides is 1. The molecule has 0 saturated carbocycles. The van der Waals surface area contributed by atoms with Crippen molar-refractivity contribution < 1.29 is 4.79 Å². The lowest BCUT2D eigenvalue weighted by molar-refractivity contribution is 0.0994. The second-order valence-electron chi connectivity index (χ2n) is 5.64. The van der Waals surface area contributed by atoms with Crippen LogP contribution < -0.4 is 5.73 Å². The highest BCUT2D eigenvalue weighted by Gasteiger charge is 2.12. The molecule has 0 spiro atoms. The number of rotatable bonds is 11. The number of nitrogens with zero attached hydrogens (tertiary/aromatic N) is 2. The molecule has 1 rings (SSSR count). The van der Waals surface area contributed by atoms with Crippen LogP contribution in [0.5, 0.6) is 0 Å². The van der Waals surface area contributed by atoms with E-state index in [0.29, 0.717) is 5.69 Å². The molecular formula is C17H29N3O. The Balaban J connectivity index is 2.64. The van der Waals surface area contributed by atoms with E-state index in [9.17, 15) is 4.79 Å². The molecule has 2 N–H and O–H groups in total. The fourth-order valence-corrected chi connectivity index (χ4v) is 2.42. The van der Waals surface area contributed by atoms with Gasteiger partial charge in [0.2, 0.25) is 0 Å². The Labute approximate surface area is 128 Å². The van der Waals surface area contributed by atoms with Crippen molar-refractivity contribution in [3.63, 3.8) is 0 Å². The van der Waals surface area contributed by atoms with E-state index in [0.717, 1.165) is 43.5 Å². The molecule has 0 aliphatic rings. The molecule has 0 fully saturated rings. The number of hydrogen-bond donors (Lipinski definition) is 1. The number of aryl methyl sites for hydroxylation is 2. The van der Waals surface area contributed by atoms with E-state index >= 15 is 0 Å². The van der Waals surface area contributed by atoms with Crippen LogP contribution >= 0.6 is 0 Å². The zero-order chi connectivity index (χ0) is 15.5. The minimum absolute atomic E-state index is 0.351. The molecule has 1 aromatic rings. The average Bonchev–Trinajstić information content (AvgIpc) is 2.48. The molecule has 0 aromatic carbocycles. The van der Waals surface area contributed by atoms with Crippen LogP contribution in [0.4, 0.5) is 0 Å². The Morgan fingerprint density at radius 2 is 1.62 bits per heavy atom. The summed E-state index contributed by atoms with van der Waals surface area (Å²) in [5.74, 6) is -0.467. The fourth-order valence-electron chi connectivity index (χ4n) is 2.42. The number of carbonyl (C=O) groups excluding carboxylic acids is 1. The third kappa shape index (κ3) is 6.69. The minimum atomic E-state index is -0.467. The first-order valence-electron chi connectivity index (χ1n) is 8.33. The first-order chi connectivity index (χ1) is 10.2. The molecular weight excluding hydrogens is 262 g/mol. The van der Waals surface area contributed by atoms with E-state index in [1.807, 2.05) is 0 Å². The van der Waals surface area contributed by atoms with Gasteiger partial charge in [0.25, 0.3) is 5.91 Å². The van der Waals surface area contributed by atoms with Crippen molar-refractivity contribution in [2.75, 3.05) is 0 Å². The molecule has 0 aliphatic heterocycles. The second kappa shape index (κ2) is 10.3. The van der Waals surface area contributed by atoms with Crippen LogP contribution in [0.25, 0.3) is 0 Å². The van der Waals surface area contributed by atoms with Gasteiger partial charge in [0.15, 0.2) is 0 Å². The molecule has 1 heterocycles. The quantitative estimate of drug-likeness (QED) is 0.630. The lowest BCUT2D eigenvalue weighted by Crippen LogP contribution is -2.18. The highest BCUT2D eigenvalue weighted by molar-refractivity contribution is 5.91. The van der Waals surface area contributed by atoms with Gasteiger partial charge in [-0.15, -0.1) is 0 Å². The molecule has 0 atom stereocenters. The van der Waals surface area contributed by atoms with Crippen molar-refractivity contribution in [1.82, 2.24) is 9.97 Å². The Morgan fingerprint density at radius 3 is 2.19 bits per heavy atom. The first kappa shape index (κ1) is 17.6. The molecule has 21 heavy (non-hydrogen) atoms. The van der Waals surface area contributed by atoms with Crippen molar-refractivity contribution in [3.8, 4) is 0 Å². The summed E-state index contributed by atoms with van der Waals surface area (Å²) in [6.45, 7) is 4.39. The summed E-state index contributed by atoms with van der Waals surface area (Å²) in [5, 5.41) is 0.